The van der Waals surface area contributed by atoms with Crippen molar-refractivity contribution in [1.29, 1.82) is 0 Å². The van der Waals surface area contributed by atoms with Gasteiger partial charge in [0, 0.05) is 13.8 Å². The monoisotopic (exact) mass is 302 g/mol. The highest BCUT2D eigenvalue weighted by Gasteiger charge is 2.00. The van der Waals surface area contributed by atoms with Gasteiger partial charge in [-0.15, -0.1) is 0 Å². The minimum Gasteiger partial charge on any atom is -0.481 e. The van der Waals surface area contributed by atoms with Crippen LogP contribution in [0.25, 0.3) is 0 Å². The maximum atomic E-state index is 9.00. The summed E-state index contributed by atoms with van der Waals surface area (Å²) in [6.45, 7) is 2.55. The van der Waals surface area contributed by atoms with Crippen molar-refractivity contribution < 1.29 is 34.8 Å². The summed E-state index contributed by atoms with van der Waals surface area (Å²) in [4.78, 5) is 18.0. The molecule has 0 aromatic heterocycles. The zero-order valence-electron chi connectivity index (χ0n) is 12.1. The van der Waals surface area contributed by atoms with Crippen LogP contribution >= 0.6 is 0 Å². The molecular formula is C14H22O7. The number of hydrogen-bond acceptors (Lipinski definition) is 5. The molecule has 7 nitrogen and oxygen atoms in total. The molecule has 21 heavy (non-hydrogen) atoms. The van der Waals surface area contributed by atoms with E-state index in [1.54, 1.807) is 0 Å². The van der Waals surface area contributed by atoms with Crippen LogP contribution in [-0.4, -0.2) is 51.7 Å². The molecule has 1 aromatic carbocycles. The molecule has 4 N–H and O–H groups in total. The molecule has 0 aliphatic rings. The molecule has 0 aliphatic heterocycles. The standard InChI is InChI=1S/C10H14O3.2C2H4O2/c11-6-10(12)8-13-7-9-4-2-1-3-5-9;2*1-2(3)4/h1-5,10-12H,6-8H2;2*1H3,(H,3,4)/t10-;;/m0../s1. The summed E-state index contributed by atoms with van der Waals surface area (Å²) in [5.74, 6) is -1.67. The second-order valence-electron chi connectivity index (χ2n) is 3.88. The maximum Gasteiger partial charge on any atom is 0.300 e. The first-order valence-electron chi connectivity index (χ1n) is 6.09. The van der Waals surface area contributed by atoms with Crippen LogP contribution in [-0.2, 0) is 20.9 Å². The Labute approximate surface area is 123 Å². The Hall–Kier alpha value is -1.96. The molecule has 1 atom stereocenters. The van der Waals surface area contributed by atoms with Gasteiger partial charge < -0.3 is 25.2 Å². The SMILES string of the molecule is CC(=O)O.CC(=O)O.OC[C@H](O)COCc1ccccc1. The van der Waals surface area contributed by atoms with Gasteiger partial charge in [0.1, 0.15) is 6.10 Å². The summed E-state index contributed by atoms with van der Waals surface area (Å²) in [6, 6.07) is 9.70. The molecule has 0 amide bonds. The molecule has 0 heterocycles. The lowest BCUT2D eigenvalue weighted by molar-refractivity contribution is -0.135. The summed E-state index contributed by atoms with van der Waals surface area (Å²) < 4.78 is 5.16. The molecule has 7 heteroatoms. The van der Waals surface area contributed by atoms with E-state index in [4.69, 9.17) is 34.8 Å². The highest BCUT2D eigenvalue weighted by Crippen LogP contribution is 2.00. The van der Waals surface area contributed by atoms with Crippen LogP contribution in [0.2, 0.25) is 0 Å². The zero-order chi connectivity index (χ0) is 16.7. The quantitative estimate of drug-likeness (QED) is 0.632. The van der Waals surface area contributed by atoms with E-state index in [9.17, 15) is 0 Å². The van der Waals surface area contributed by atoms with Gasteiger partial charge in [-0.3, -0.25) is 9.59 Å². The predicted octanol–water partition coefficient (Wildman–Crippen LogP) is 0.738. The van der Waals surface area contributed by atoms with Crippen LogP contribution in [0.4, 0.5) is 0 Å². The van der Waals surface area contributed by atoms with Gasteiger partial charge in [0.15, 0.2) is 0 Å². The Bertz CT molecular complexity index is 358. The number of aliphatic hydroxyl groups excluding tert-OH is 2. The zero-order valence-corrected chi connectivity index (χ0v) is 12.1. The third-order valence-corrected chi connectivity index (χ3v) is 1.63. The number of rotatable bonds is 5. The van der Waals surface area contributed by atoms with E-state index in [-0.39, 0.29) is 13.2 Å². The second kappa shape index (κ2) is 14.4. The number of aliphatic hydroxyl groups is 2. The van der Waals surface area contributed by atoms with Gasteiger partial charge in [-0.2, -0.15) is 0 Å². The molecule has 1 aromatic rings. The molecule has 0 fully saturated rings. The smallest absolute Gasteiger partial charge is 0.300 e. The van der Waals surface area contributed by atoms with Gasteiger partial charge in [0.05, 0.1) is 19.8 Å². The van der Waals surface area contributed by atoms with Gasteiger partial charge in [-0.05, 0) is 5.56 Å². The maximum absolute atomic E-state index is 9.00. The van der Waals surface area contributed by atoms with Gasteiger partial charge in [0.25, 0.3) is 11.9 Å². The van der Waals surface area contributed by atoms with E-state index in [0.29, 0.717) is 6.61 Å². The van der Waals surface area contributed by atoms with E-state index < -0.39 is 18.0 Å². The fourth-order valence-corrected chi connectivity index (χ4v) is 0.940. The van der Waals surface area contributed by atoms with Crippen LogP contribution in [0.3, 0.4) is 0 Å². The average Bonchev–Trinajstić information content (AvgIpc) is 2.38. The van der Waals surface area contributed by atoms with Crippen LogP contribution in [0.5, 0.6) is 0 Å². The fraction of sp³-hybridized carbons (Fsp3) is 0.429. The first kappa shape index (κ1) is 21.3. The molecule has 0 radical (unpaired) electrons. The summed E-state index contributed by atoms with van der Waals surface area (Å²) in [6.07, 6.45) is -0.774. The van der Waals surface area contributed by atoms with Crippen molar-refractivity contribution in [2.24, 2.45) is 0 Å². The minimum atomic E-state index is -0.833. The number of hydrogen-bond donors (Lipinski definition) is 4. The van der Waals surface area contributed by atoms with Crippen molar-refractivity contribution in [2.45, 2.75) is 26.6 Å². The minimum absolute atomic E-state index is 0.172. The Balaban J connectivity index is 0. The lowest BCUT2D eigenvalue weighted by Gasteiger charge is -2.07. The number of carbonyl (C=O) groups is 2. The Kier molecular flexibility index (Phi) is 14.7. The van der Waals surface area contributed by atoms with Crippen molar-refractivity contribution >= 4 is 11.9 Å². The molecule has 1 rings (SSSR count). The normalized spacial score (nSPS) is 10.3. The lowest BCUT2D eigenvalue weighted by Crippen LogP contribution is -2.19. The molecule has 0 saturated carbocycles. The molecule has 0 saturated heterocycles. The van der Waals surface area contributed by atoms with Crippen molar-refractivity contribution in [3.63, 3.8) is 0 Å². The molecular weight excluding hydrogens is 280 g/mol. The highest BCUT2D eigenvalue weighted by molar-refractivity contribution is 5.63. The number of aliphatic carboxylic acids is 2. The van der Waals surface area contributed by atoms with Crippen LogP contribution in [0, 0.1) is 0 Å². The van der Waals surface area contributed by atoms with Crippen molar-refractivity contribution in [2.75, 3.05) is 13.2 Å². The van der Waals surface area contributed by atoms with Gasteiger partial charge in [-0.1, -0.05) is 30.3 Å². The third-order valence-electron chi connectivity index (χ3n) is 1.63. The number of carboxylic acid groups (broad SMARTS) is 2. The third kappa shape index (κ3) is 23.5. The Morgan fingerprint density at radius 3 is 1.90 bits per heavy atom. The van der Waals surface area contributed by atoms with E-state index in [1.807, 2.05) is 30.3 Å². The first-order valence-corrected chi connectivity index (χ1v) is 6.09. The van der Waals surface area contributed by atoms with Crippen LogP contribution < -0.4 is 0 Å². The van der Waals surface area contributed by atoms with Crippen LogP contribution in [0.1, 0.15) is 19.4 Å². The molecule has 0 spiro atoms. The average molecular weight is 302 g/mol. The number of carboxylic acids is 2. The topological polar surface area (TPSA) is 124 Å². The summed E-state index contributed by atoms with van der Waals surface area (Å²) in [5, 5.41) is 32.3. The molecule has 0 aliphatic carbocycles. The summed E-state index contributed by atoms with van der Waals surface area (Å²) >= 11 is 0. The first-order chi connectivity index (χ1) is 9.79. The number of ether oxygens (including phenoxy) is 1. The second-order valence-corrected chi connectivity index (χ2v) is 3.88. The number of benzene rings is 1. The summed E-state index contributed by atoms with van der Waals surface area (Å²) in [7, 11) is 0. The predicted molar refractivity (Wildman–Crippen MR) is 75.8 cm³/mol. The Morgan fingerprint density at radius 1 is 1.10 bits per heavy atom. The van der Waals surface area contributed by atoms with Crippen molar-refractivity contribution in [1.82, 2.24) is 0 Å². The van der Waals surface area contributed by atoms with E-state index in [0.717, 1.165) is 19.4 Å². The van der Waals surface area contributed by atoms with Gasteiger partial charge in [0.2, 0.25) is 0 Å². The van der Waals surface area contributed by atoms with E-state index in [1.165, 1.54) is 0 Å². The van der Waals surface area contributed by atoms with E-state index >= 15 is 0 Å². The fourth-order valence-electron chi connectivity index (χ4n) is 0.940. The highest BCUT2D eigenvalue weighted by atomic mass is 16.5. The lowest BCUT2D eigenvalue weighted by atomic mass is 10.2. The largest absolute Gasteiger partial charge is 0.481 e. The van der Waals surface area contributed by atoms with E-state index in [2.05, 4.69) is 0 Å². The molecule has 0 unspecified atom stereocenters. The van der Waals surface area contributed by atoms with Crippen molar-refractivity contribution in [3.05, 3.63) is 35.9 Å². The van der Waals surface area contributed by atoms with Gasteiger partial charge >= 0.3 is 0 Å². The van der Waals surface area contributed by atoms with Crippen molar-refractivity contribution in [3.8, 4) is 0 Å². The Morgan fingerprint density at radius 2 is 1.52 bits per heavy atom. The molecule has 120 valence electrons. The summed E-state index contributed by atoms with van der Waals surface area (Å²) in [5.41, 5.74) is 1.06. The molecule has 0 bridgehead atoms. The van der Waals surface area contributed by atoms with Gasteiger partial charge in [-0.25, -0.2) is 0 Å². The van der Waals surface area contributed by atoms with Crippen LogP contribution in [0.15, 0.2) is 30.3 Å².